The number of rotatable bonds is 5. The van der Waals surface area contributed by atoms with Gasteiger partial charge in [-0.05, 0) is 20.4 Å². The molecule has 0 aromatic carbocycles. The van der Waals surface area contributed by atoms with Gasteiger partial charge in [0, 0.05) is 6.07 Å². The van der Waals surface area contributed by atoms with Crippen molar-refractivity contribution in [3.05, 3.63) is 18.0 Å². The molecule has 0 saturated carbocycles. The minimum atomic E-state index is -0.557. The number of nitrogens with zero attached hydrogens (tertiary/aromatic N) is 1. The lowest BCUT2D eigenvalue weighted by atomic mass is 10.0. The number of likely N-dealkylation sites (N-methyl/N-ethyl adjacent to an activating group) is 1. The lowest BCUT2D eigenvalue weighted by Crippen LogP contribution is -2.52. The first-order valence-corrected chi connectivity index (χ1v) is 4.99. The Morgan fingerprint density at radius 2 is 2.33 bits per heavy atom. The molecule has 0 spiro atoms. The molecular weight excluding hydrogens is 194 g/mol. The van der Waals surface area contributed by atoms with Crippen LogP contribution in [0.2, 0.25) is 0 Å². The summed E-state index contributed by atoms with van der Waals surface area (Å²) >= 11 is 0. The Balaban J connectivity index is 2.42. The second-order valence-corrected chi connectivity index (χ2v) is 3.83. The second-order valence-electron chi connectivity index (χ2n) is 3.83. The normalized spacial score (nSPS) is 11.4. The van der Waals surface area contributed by atoms with E-state index in [-0.39, 0.29) is 5.91 Å². The Bertz CT molecular complexity index is 306. The van der Waals surface area contributed by atoms with Crippen LogP contribution < -0.4 is 10.6 Å². The van der Waals surface area contributed by atoms with Crippen LogP contribution in [-0.2, 0) is 11.3 Å². The molecule has 0 aliphatic carbocycles. The van der Waals surface area contributed by atoms with Crippen molar-refractivity contribution >= 4 is 5.91 Å². The van der Waals surface area contributed by atoms with Crippen molar-refractivity contribution in [1.29, 1.82) is 0 Å². The summed E-state index contributed by atoms with van der Waals surface area (Å²) in [5.74, 6) is -0.0487. The van der Waals surface area contributed by atoms with E-state index >= 15 is 0 Å². The maximum atomic E-state index is 11.7. The van der Waals surface area contributed by atoms with Gasteiger partial charge in [0.25, 0.3) is 0 Å². The first-order valence-electron chi connectivity index (χ1n) is 4.99. The third-order valence-electron chi connectivity index (χ3n) is 2.11. The predicted octanol–water partition coefficient (Wildman–Crippen LogP) is 0.679. The van der Waals surface area contributed by atoms with Crippen molar-refractivity contribution < 1.29 is 9.32 Å². The molecule has 0 aliphatic heterocycles. The number of nitrogens with one attached hydrogen (secondary N) is 2. The van der Waals surface area contributed by atoms with Crippen LogP contribution in [0.15, 0.2) is 16.9 Å². The fraction of sp³-hybridized carbons (Fsp3) is 0.600. The largest absolute Gasteiger partial charge is 0.364 e. The molecule has 1 amide bonds. The Labute approximate surface area is 89.2 Å². The zero-order valence-corrected chi connectivity index (χ0v) is 9.33. The summed E-state index contributed by atoms with van der Waals surface area (Å²) in [6, 6.07) is 1.72. The van der Waals surface area contributed by atoms with Gasteiger partial charge in [-0.15, -0.1) is 0 Å². The van der Waals surface area contributed by atoms with Gasteiger partial charge in [-0.25, -0.2) is 0 Å². The minimum Gasteiger partial charge on any atom is -0.364 e. The molecule has 0 aliphatic rings. The highest BCUT2D eigenvalue weighted by atomic mass is 16.5. The highest BCUT2D eigenvalue weighted by Gasteiger charge is 2.25. The van der Waals surface area contributed by atoms with Crippen LogP contribution in [0.1, 0.15) is 26.5 Å². The molecule has 0 unspecified atom stereocenters. The molecule has 5 nitrogen and oxygen atoms in total. The van der Waals surface area contributed by atoms with Crippen molar-refractivity contribution in [2.75, 3.05) is 6.54 Å². The Hall–Kier alpha value is -1.36. The van der Waals surface area contributed by atoms with Gasteiger partial charge < -0.3 is 15.2 Å². The molecule has 84 valence electrons. The third-order valence-corrected chi connectivity index (χ3v) is 2.11. The van der Waals surface area contributed by atoms with Crippen molar-refractivity contribution in [2.24, 2.45) is 0 Å². The van der Waals surface area contributed by atoms with Gasteiger partial charge in [0.15, 0.2) is 0 Å². The van der Waals surface area contributed by atoms with Gasteiger partial charge in [0.2, 0.25) is 5.91 Å². The fourth-order valence-electron chi connectivity index (χ4n) is 1.24. The van der Waals surface area contributed by atoms with E-state index in [1.165, 1.54) is 6.26 Å². The van der Waals surface area contributed by atoms with Crippen LogP contribution >= 0.6 is 0 Å². The molecule has 0 fully saturated rings. The lowest BCUT2D eigenvalue weighted by Gasteiger charge is -2.24. The van der Waals surface area contributed by atoms with Gasteiger partial charge in [0.1, 0.15) is 12.0 Å². The Morgan fingerprint density at radius 1 is 1.60 bits per heavy atom. The van der Waals surface area contributed by atoms with E-state index in [1.54, 1.807) is 6.07 Å². The topological polar surface area (TPSA) is 67.2 Å². The predicted molar refractivity (Wildman–Crippen MR) is 56.1 cm³/mol. The van der Waals surface area contributed by atoms with Crippen LogP contribution in [0.4, 0.5) is 0 Å². The third kappa shape index (κ3) is 3.36. The van der Waals surface area contributed by atoms with Crippen molar-refractivity contribution in [2.45, 2.75) is 32.9 Å². The number of amides is 1. The minimum absolute atomic E-state index is 0.0487. The first kappa shape index (κ1) is 11.7. The van der Waals surface area contributed by atoms with Gasteiger partial charge in [-0.3, -0.25) is 4.79 Å². The first-order chi connectivity index (χ1) is 7.06. The molecule has 1 heterocycles. The van der Waals surface area contributed by atoms with Gasteiger partial charge in [-0.2, -0.15) is 0 Å². The number of hydrogen-bond acceptors (Lipinski definition) is 4. The van der Waals surface area contributed by atoms with E-state index in [0.717, 1.165) is 12.2 Å². The van der Waals surface area contributed by atoms with E-state index in [1.807, 2.05) is 20.8 Å². The molecular formula is C10H17N3O2. The van der Waals surface area contributed by atoms with Crippen LogP contribution in [0.3, 0.4) is 0 Å². The fourth-order valence-corrected chi connectivity index (χ4v) is 1.24. The van der Waals surface area contributed by atoms with Crippen molar-refractivity contribution in [3.63, 3.8) is 0 Å². The van der Waals surface area contributed by atoms with Crippen LogP contribution in [0.25, 0.3) is 0 Å². The molecule has 1 rings (SSSR count). The number of hydrogen-bond donors (Lipinski definition) is 2. The second kappa shape index (κ2) is 4.93. The quantitative estimate of drug-likeness (QED) is 0.751. The smallest absolute Gasteiger partial charge is 0.240 e. The Kier molecular flexibility index (Phi) is 3.85. The van der Waals surface area contributed by atoms with E-state index in [9.17, 15) is 4.79 Å². The molecule has 1 aromatic rings. The number of aromatic nitrogens is 1. The van der Waals surface area contributed by atoms with Gasteiger partial charge in [-0.1, -0.05) is 12.1 Å². The van der Waals surface area contributed by atoms with E-state index in [4.69, 9.17) is 0 Å². The zero-order valence-electron chi connectivity index (χ0n) is 9.33. The van der Waals surface area contributed by atoms with Crippen molar-refractivity contribution in [3.8, 4) is 0 Å². The molecule has 2 N–H and O–H groups in total. The van der Waals surface area contributed by atoms with Crippen LogP contribution in [-0.4, -0.2) is 23.1 Å². The van der Waals surface area contributed by atoms with Gasteiger partial charge >= 0.3 is 0 Å². The molecule has 0 saturated heterocycles. The molecule has 1 aromatic heterocycles. The maximum absolute atomic E-state index is 11.7. The number of carbonyl (C=O) groups excluding carboxylic acids is 1. The monoisotopic (exact) mass is 211 g/mol. The molecule has 0 bridgehead atoms. The molecule has 0 atom stereocenters. The summed E-state index contributed by atoms with van der Waals surface area (Å²) in [5, 5.41) is 9.59. The SMILES string of the molecule is CCNC(C)(C)C(=O)NCc1ccon1. The van der Waals surface area contributed by atoms with Crippen molar-refractivity contribution in [1.82, 2.24) is 15.8 Å². The average molecular weight is 211 g/mol. The summed E-state index contributed by atoms with van der Waals surface area (Å²) in [4.78, 5) is 11.7. The summed E-state index contributed by atoms with van der Waals surface area (Å²) in [6.07, 6.45) is 1.48. The lowest BCUT2D eigenvalue weighted by molar-refractivity contribution is -0.126. The molecule has 15 heavy (non-hydrogen) atoms. The van der Waals surface area contributed by atoms with E-state index in [2.05, 4.69) is 20.3 Å². The maximum Gasteiger partial charge on any atom is 0.240 e. The summed E-state index contributed by atoms with van der Waals surface area (Å²) < 4.78 is 4.66. The summed E-state index contributed by atoms with van der Waals surface area (Å²) in [6.45, 7) is 6.80. The number of carbonyl (C=O) groups is 1. The zero-order chi connectivity index (χ0) is 11.3. The molecule has 5 heteroatoms. The van der Waals surface area contributed by atoms with E-state index in [0.29, 0.717) is 6.54 Å². The standard InChI is InChI=1S/C10H17N3O2/c1-4-12-10(2,3)9(14)11-7-8-5-6-15-13-8/h5-6,12H,4,7H2,1-3H3,(H,11,14). The summed E-state index contributed by atoms with van der Waals surface area (Å²) in [7, 11) is 0. The van der Waals surface area contributed by atoms with Crippen LogP contribution in [0, 0.1) is 0 Å². The van der Waals surface area contributed by atoms with Crippen LogP contribution in [0.5, 0.6) is 0 Å². The molecule has 0 radical (unpaired) electrons. The average Bonchev–Trinajstić information content (AvgIpc) is 2.66. The summed E-state index contributed by atoms with van der Waals surface area (Å²) in [5.41, 5.74) is 0.161. The highest BCUT2D eigenvalue weighted by molar-refractivity contribution is 5.85. The van der Waals surface area contributed by atoms with Gasteiger partial charge in [0.05, 0.1) is 12.1 Å². The highest BCUT2D eigenvalue weighted by Crippen LogP contribution is 2.02. The van der Waals surface area contributed by atoms with E-state index < -0.39 is 5.54 Å². The Morgan fingerprint density at radius 3 is 2.87 bits per heavy atom.